The molecule has 0 spiro atoms. The van der Waals surface area contributed by atoms with E-state index in [1.807, 2.05) is 13.8 Å². The molecule has 0 fully saturated rings. The Balaban J connectivity index is 2.66. The molecule has 3 nitrogen and oxygen atoms in total. The van der Waals surface area contributed by atoms with Crippen molar-refractivity contribution in [3.05, 3.63) is 16.3 Å². The van der Waals surface area contributed by atoms with Crippen molar-refractivity contribution >= 4 is 23.4 Å². The maximum absolute atomic E-state index is 5.88. The number of thioether (sulfide) groups is 1. The SMILES string of the molecule is Cc1c(Cl)nnc(SCCN(C)C)c1C. The molecule has 0 saturated heterocycles. The number of hydrogen-bond donors (Lipinski definition) is 0. The molecular weight excluding hydrogens is 230 g/mol. The summed E-state index contributed by atoms with van der Waals surface area (Å²) in [6.45, 7) is 5.05. The van der Waals surface area contributed by atoms with Crippen LogP contribution >= 0.6 is 23.4 Å². The predicted octanol–water partition coefficient (Wildman–Crippen LogP) is 2.40. The molecule has 1 aromatic rings. The quantitative estimate of drug-likeness (QED) is 0.762. The van der Waals surface area contributed by atoms with Crippen LogP contribution in [0, 0.1) is 13.8 Å². The zero-order chi connectivity index (χ0) is 11.4. The molecule has 0 aliphatic rings. The van der Waals surface area contributed by atoms with Crippen LogP contribution < -0.4 is 0 Å². The molecule has 0 N–H and O–H groups in total. The van der Waals surface area contributed by atoms with Gasteiger partial charge in [-0.1, -0.05) is 11.6 Å². The second-order valence-corrected chi connectivity index (χ2v) is 5.14. The van der Waals surface area contributed by atoms with Crippen LogP contribution in [0.4, 0.5) is 0 Å². The van der Waals surface area contributed by atoms with Gasteiger partial charge in [-0.25, -0.2) is 0 Å². The fourth-order valence-electron chi connectivity index (χ4n) is 1.02. The van der Waals surface area contributed by atoms with Crippen molar-refractivity contribution in [1.82, 2.24) is 15.1 Å². The average molecular weight is 246 g/mol. The van der Waals surface area contributed by atoms with Gasteiger partial charge in [0.1, 0.15) is 5.03 Å². The summed E-state index contributed by atoms with van der Waals surface area (Å²) in [5, 5.41) is 9.51. The first-order chi connectivity index (χ1) is 7.02. The lowest BCUT2D eigenvalue weighted by Gasteiger charge is -2.10. The average Bonchev–Trinajstić information content (AvgIpc) is 2.18. The molecule has 0 aliphatic heterocycles. The topological polar surface area (TPSA) is 29.0 Å². The fourth-order valence-corrected chi connectivity index (χ4v) is 2.31. The molecule has 5 heteroatoms. The molecule has 1 aromatic heterocycles. The molecule has 15 heavy (non-hydrogen) atoms. The van der Waals surface area contributed by atoms with Gasteiger partial charge in [0, 0.05) is 12.3 Å². The summed E-state index contributed by atoms with van der Waals surface area (Å²) in [4.78, 5) is 2.15. The van der Waals surface area contributed by atoms with E-state index in [1.54, 1.807) is 11.8 Å². The Morgan fingerprint density at radius 1 is 1.20 bits per heavy atom. The van der Waals surface area contributed by atoms with E-state index in [-0.39, 0.29) is 0 Å². The Kier molecular flexibility index (Phi) is 4.83. The monoisotopic (exact) mass is 245 g/mol. The zero-order valence-corrected chi connectivity index (χ0v) is 11.1. The van der Waals surface area contributed by atoms with Crippen LogP contribution in [0.3, 0.4) is 0 Å². The molecule has 0 radical (unpaired) electrons. The van der Waals surface area contributed by atoms with E-state index < -0.39 is 0 Å². The predicted molar refractivity (Wildman–Crippen MR) is 65.8 cm³/mol. The van der Waals surface area contributed by atoms with Crippen molar-refractivity contribution < 1.29 is 0 Å². The largest absolute Gasteiger partial charge is 0.309 e. The highest BCUT2D eigenvalue weighted by molar-refractivity contribution is 7.99. The Labute approximate surface area is 100 Å². The van der Waals surface area contributed by atoms with E-state index in [0.717, 1.165) is 28.5 Å². The third-order valence-electron chi connectivity index (χ3n) is 2.20. The summed E-state index contributed by atoms with van der Waals surface area (Å²) in [6.07, 6.45) is 0. The Morgan fingerprint density at radius 2 is 1.87 bits per heavy atom. The first kappa shape index (κ1) is 12.7. The summed E-state index contributed by atoms with van der Waals surface area (Å²) in [5.74, 6) is 1.02. The van der Waals surface area contributed by atoms with E-state index in [2.05, 4.69) is 29.2 Å². The summed E-state index contributed by atoms with van der Waals surface area (Å²) in [5.41, 5.74) is 2.16. The van der Waals surface area contributed by atoms with Gasteiger partial charge in [-0.15, -0.1) is 22.0 Å². The van der Waals surface area contributed by atoms with Gasteiger partial charge in [-0.05, 0) is 39.1 Å². The van der Waals surface area contributed by atoms with E-state index in [4.69, 9.17) is 11.6 Å². The molecule has 0 saturated carbocycles. The smallest absolute Gasteiger partial charge is 0.154 e. The Hall–Kier alpha value is -0.320. The maximum Gasteiger partial charge on any atom is 0.154 e. The zero-order valence-electron chi connectivity index (χ0n) is 9.54. The summed E-state index contributed by atoms with van der Waals surface area (Å²) in [6, 6.07) is 0. The highest BCUT2D eigenvalue weighted by Crippen LogP contribution is 2.24. The first-order valence-corrected chi connectivity index (χ1v) is 6.15. The number of rotatable bonds is 4. The number of nitrogens with zero attached hydrogens (tertiary/aromatic N) is 3. The van der Waals surface area contributed by atoms with Gasteiger partial charge in [0.15, 0.2) is 5.15 Å². The van der Waals surface area contributed by atoms with Crippen LogP contribution in [0.1, 0.15) is 11.1 Å². The molecule has 0 bridgehead atoms. The van der Waals surface area contributed by atoms with Crippen LogP contribution in [0.25, 0.3) is 0 Å². The lowest BCUT2D eigenvalue weighted by atomic mass is 10.2. The standard InChI is InChI=1S/C10H16ClN3S/c1-7-8(2)10(13-12-9(7)11)15-6-5-14(3)4/h5-6H2,1-4H3. The molecule has 0 unspecified atom stereocenters. The van der Waals surface area contributed by atoms with Gasteiger partial charge in [0.05, 0.1) is 0 Å². The van der Waals surface area contributed by atoms with Crippen LogP contribution in [0.5, 0.6) is 0 Å². The minimum absolute atomic E-state index is 0.504. The number of halogens is 1. The van der Waals surface area contributed by atoms with Gasteiger partial charge in [0.25, 0.3) is 0 Å². The van der Waals surface area contributed by atoms with E-state index in [0.29, 0.717) is 5.15 Å². The lowest BCUT2D eigenvalue weighted by Crippen LogP contribution is -2.15. The van der Waals surface area contributed by atoms with Gasteiger partial charge < -0.3 is 4.90 Å². The fraction of sp³-hybridized carbons (Fsp3) is 0.600. The summed E-state index contributed by atoms with van der Waals surface area (Å²) in [7, 11) is 4.12. The Bertz CT molecular complexity index is 342. The van der Waals surface area contributed by atoms with Gasteiger partial charge >= 0.3 is 0 Å². The molecule has 1 rings (SSSR count). The van der Waals surface area contributed by atoms with Crippen LogP contribution in [-0.2, 0) is 0 Å². The minimum Gasteiger partial charge on any atom is -0.309 e. The highest BCUT2D eigenvalue weighted by Gasteiger charge is 2.08. The normalized spacial score (nSPS) is 11.1. The van der Waals surface area contributed by atoms with Crippen molar-refractivity contribution in [2.45, 2.75) is 18.9 Å². The molecule has 84 valence electrons. The van der Waals surface area contributed by atoms with Gasteiger partial charge in [-0.2, -0.15) is 0 Å². The van der Waals surface area contributed by atoms with Crippen molar-refractivity contribution in [1.29, 1.82) is 0 Å². The van der Waals surface area contributed by atoms with Crippen LogP contribution in [-0.4, -0.2) is 41.5 Å². The second kappa shape index (κ2) is 5.68. The molecule has 0 aromatic carbocycles. The van der Waals surface area contributed by atoms with E-state index in [1.165, 1.54) is 0 Å². The summed E-state index contributed by atoms with van der Waals surface area (Å²) < 4.78 is 0. The van der Waals surface area contributed by atoms with E-state index in [9.17, 15) is 0 Å². The van der Waals surface area contributed by atoms with Gasteiger partial charge in [-0.3, -0.25) is 0 Å². The van der Waals surface area contributed by atoms with Crippen molar-refractivity contribution in [3.8, 4) is 0 Å². The van der Waals surface area contributed by atoms with E-state index >= 15 is 0 Å². The first-order valence-electron chi connectivity index (χ1n) is 4.79. The molecular formula is C10H16ClN3S. The number of aromatic nitrogens is 2. The molecule has 0 atom stereocenters. The third-order valence-corrected chi connectivity index (χ3v) is 3.61. The van der Waals surface area contributed by atoms with Crippen LogP contribution in [0.2, 0.25) is 5.15 Å². The van der Waals surface area contributed by atoms with Crippen molar-refractivity contribution in [2.75, 3.05) is 26.4 Å². The molecule has 0 aliphatic carbocycles. The highest BCUT2D eigenvalue weighted by atomic mass is 35.5. The van der Waals surface area contributed by atoms with Crippen LogP contribution in [0.15, 0.2) is 5.03 Å². The summed E-state index contributed by atoms with van der Waals surface area (Å²) >= 11 is 7.60. The number of hydrogen-bond acceptors (Lipinski definition) is 4. The Morgan fingerprint density at radius 3 is 2.47 bits per heavy atom. The minimum atomic E-state index is 0.504. The van der Waals surface area contributed by atoms with Crippen molar-refractivity contribution in [3.63, 3.8) is 0 Å². The molecule has 0 amide bonds. The maximum atomic E-state index is 5.88. The second-order valence-electron chi connectivity index (χ2n) is 3.70. The van der Waals surface area contributed by atoms with Gasteiger partial charge in [0.2, 0.25) is 0 Å². The molecule has 1 heterocycles. The van der Waals surface area contributed by atoms with Crippen molar-refractivity contribution in [2.24, 2.45) is 0 Å². The lowest BCUT2D eigenvalue weighted by molar-refractivity contribution is 0.437. The third kappa shape index (κ3) is 3.63.